The van der Waals surface area contributed by atoms with Gasteiger partial charge in [0.2, 0.25) is 6.79 Å². The molecule has 2 aliphatic heterocycles. The van der Waals surface area contributed by atoms with Gasteiger partial charge in [0.25, 0.3) is 11.7 Å². The fraction of sp³-hybridized carbons (Fsp3) is 0.241. The van der Waals surface area contributed by atoms with E-state index in [0.717, 1.165) is 27.9 Å². The second kappa shape index (κ2) is 9.07. The standard InChI is InChI=1S/C29H28N2O5/c1-17-5-6-18(2)22(13-17)27(32)25-26(20-8-10-21(11-9-20)30(3)4)31(29(34)28(25)33)15-19-7-12-23-24(14-19)36-16-35-23/h5-14,26,32H,15-16H2,1-4H3/b27-25+. The van der Waals surface area contributed by atoms with Crippen LogP contribution in [0.25, 0.3) is 5.76 Å². The van der Waals surface area contributed by atoms with E-state index in [4.69, 9.17) is 9.47 Å². The van der Waals surface area contributed by atoms with E-state index in [-0.39, 0.29) is 24.7 Å². The van der Waals surface area contributed by atoms with Gasteiger partial charge in [0.05, 0.1) is 11.6 Å². The lowest BCUT2D eigenvalue weighted by Gasteiger charge is -2.26. The van der Waals surface area contributed by atoms with Crippen molar-refractivity contribution < 1.29 is 24.2 Å². The van der Waals surface area contributed by atoms with Gasteiger partial charge >= 0.3 is 0 Å². The van der Waals surface area contributed by atoms with Crippen LogP contribution in [0.15, 0.2) is 66.2 Å². The number of Topliss-reactive ketones (excluding diaryl/α,β-unsaturated/α-hetero) is 1. The second-order valence-electron chi connectivity index (χ2n) is 9.42. The van der Waals surface area contributed by atoms with Crippen LogP contribution in [0.3, 0.4) is 0 Å². The van der Waals surface area contributed by atoms with Crippen LogP contribution in [-0.4, -0.2) is 42.6 Å². The van der Waals surface area contributed by atoms with Crippen molar-refractivity contribution in [3.05, 3.63) is 94.1 Å². The van der Waals surface area contributed by atoms with E-state index in [1.807, 2.05) is 87.4 Å². The summed E-state index contributed by atoms with van der Waals surface area (Å²) < 4.78 is 10.9. The fourth-order valence-electron chi connectivity index (χ4n) is 4.72. The zero-order valence-corrected chi connectivity index (χ0v) is 20.7. The average molecular weight is 485 g/mol. The zero-order chi connectivity index (χ0) is 25.6. The van der Waals surface area contributed by atoms with Crippen molar-refractivity contribution in [3.63, 3.8) is 0 Å². The third kappa shape index (κ3) is 4.06. The predicted octanol–water partition coefficient (Wildman–Crippen LogP) is 4.72. The third-order valence-electron chi connectivity index (χ3n) is 6.70. The molecule has 7 nitrogen and oxygen atoms in total. The maximum Gasteiger partial charge on any atom is 0.295 e. The minimum absolute atomic E-state index is 0.0899. The van der Waals surface area contributed by atoms with Crippen LogP contribution in [0.1, 0.15) is 33.9 Å². The predicted molar refractivity (Wildman–Crippen MR) is 137 cm³/mol. The van der Waals surface area contributed by atoms with E-state index in [2.05, 4.69) is 0 Å². The fourth-order valence-corrected chi connectivity index (χ4v) is 4.72. The maximum atomic E-state index is 13.4. The SMILES string of the molecule is Cc1ccc(C)c(/C(O)=C2\C(=O)C(=O)N(Cc3ccc4c(c3)OCO4)C2c2ccc(N(C)C)cc2)c1. The Balaban J connectivity index is 1.63. The number of ketones is 1. The molecule has 0 bridgehead atoms. The Hall–Kier alpha value is -4.26. The number of amides is 1. The number of rotatable bonds is 5. The molecule has 1 N–H and O–H groups in total. The van der Waals surface area contributed by atoms with Gasteiger partial charge in [-0.3, -0.25) is 9.59 Å². The highest BCUT2D eigenvalue weighted by Crippen LogP contribution is 2.42. The number of carbonyl (C=O) groups excluding carboxylic acids is 2. The summed E-state index contributed by atoms with van der Waals surface area (Å²) in [4.78, 5) is 30.3. The minimum atomic E-state index is -0.744. The number of hydrogen-bond donors (Lipinski definition) is 1. The second-order valence-corrected chi connectivity index (χ2v) is 9.42. The molecule has 7 heteroatoms. The van der Waals surface area contributed by atoms with Crippen molar-refractivity contribution in [2.45, 2.75) is 26.4 Å². The summed E-state index contributed by atoms with van der Waals surface area (Å²) in [5.74, 6) is -0.264. The number of carbonyl (C=O) groups is 2. The van der Waals surface area contributed by atoms with Crippen molar-refractivity contribution in [1.29, 1.82) is 0 Å². The summed E-state index contributed by atoms with van der Waals surface area (Å²) in [7, 11) is 3.89. The van der Waals surface area contributed by atoms with Crippen LogP contribution in [0, 0.1) is 13.8 Å². The molecule has 2 aliphatic rings. The number of nitrogens with zero attached hydrogens (tertiary/aromatic N) is 2. The first kappa shape index (κ1) is 23.5. The Bertz CT molecular complexity index is 1390. The molecule has 0 aromatic heterocycles. The van der Waals surface area contributed by atoms with Crippen molar-refractivity contribution in [1.82, 2.24) is 4.90 Å². The van der Waals surface area contributed by atoms with Crippen molar-refractivity contribution in [3.8, 4) is 11.5 Å². The molecular formula is C29H28N2O5. The Kier molecular flexibility index (Phi) is 5.92. The maximum absolute atomic E-state index is 13.4. The van der Waals surface area contributed by atoms with Crippen molar-refractivity contribution in [2.75, 3.05) is 25.8 Å². The molecule has 36 heavy (non-hydrogen) atoms. The minimum Gasteiger partial charge on any atom is -0.507 e. The molecular weight excluding hydrogens is 456 g/mol. The van der Waals surface area contributed by atoms with E-state index < -0.39 is 17.7 Å². The first-order valence-corrected chi connectivity index (χ1v) is 11.8. The van der Waals surface area contributed by atoms with E-state index in [0.29, 0.717) is 17.1 Å². The smallest absolute Gasteiger partial charge is 0.295 e. The van der Waals surface area contributed by atoms with Crippen molar-refractivity contribution >= 4 is 23.1 Å². The largest absolute Gasteiger partial charge is 0.507 e. The van der Waals surface area contributed by atoms with E-state index in [9.17, 15) is 14.7 Å². The number of aryl methyl sites for hydroxylation is 2. The molecule has 3 aromatic rings. The molecule has 184 valence electrons. The molecule has 1 unspecified atom stereocenters. The first-order chi connectivity index (χ1) is 17.2. The summed E-state index contributed by atoms with van der Waals surface area (Å²) in [6.07, 6.45) is 0. The van der Waals surface area contributed by atoms with E-state index in [1.54, 1.807) is 6.07 Å². The molecule has 0 saturated carbocycles. The number of likely N-dealkylation sites (tertiary alicyclic amines) is 1. The van der Waals surface area contributed by atoms with Gasteiger partial charge in [-0.2, -0.15) is 0 Å². The Labute approximate surface area is 210 Å². The summed E-state index contributed by atoms with van der Waals surface area (Å²) >= 11 is 0. The van der Waals surface area contributed by atoms with E-state index in [1.165, 1.54) is 4.90 Å². The van der Waals surface area contributed by atoms with Gasteiger partial charge < -0.3 is 24.4 Å². The highest BCUT2D eigenvalue weighted by molar-refractivity contribution is 6.46. The van der Waals surface area contributed by atoms with Crippen LogP contribution < -0.4 is 14.4 Å². The van der Waals surface area contributed by atoms with Gasteiger partial charge in [-0.25, -0.2) is 0 Å². The lowest BCUT2D eigenvalue weighted by Crippen LogP contribution is -2.29. The van der Waals surface area contributed by atoms with E-state index >= 15 is 0 Å². The van der Waals surface area contributed by atoms with Gasteiger partial charge in [0.1, 0.15) is 5.76 Å². The average Bonchev–Trinajstić information content (AvgIpc) is 3.43. The number of fused-ring (bicyclic) bond motifs is 1. The lowest BCUT2D eigenvalue weighted by molar-refractivity contribution is -0.140. The monoisotopic (exact) mass is 484 g/mol. The summed E-state index contributed by atoms with van der Waals surface area (Å²) in [5, 5.41) is 11.4. The molecule has 0 aliphatic carbocycles. The molecule has 1 saturated heterocycles. The van der Waals surface area contributed by atoms with Gasteiger partial charge in [-0.05, 0) is 60.9 Å². The number of anilines is 1. The number of aliphatic hydroxyl groups is 1. The normalized spacial score (nSPS) is 18.1. The molecule has 3 aromatic carbocycles. The summed E-state index contributed by atoms with van der Waals surface area (Å²) in [5.41, 5.74) is 4.93. The molecule has 0 spiro atoms. The molecule has 5 rings (SSSR count). The molecule has 1 amide bonds. The molecule has 0 radical (unpaired) electrons. The van der Waals surface area contributed by atoms with Gasteiger partial charge in [-0.15, -0.1) is 0 Å². The first-order valence-electron chi connectivity index (χ1n) is 11.8. The topological polar surface area (TPSA) is 79.3 Å². The van der Waals surface area contributed by atoms with Gasteiger partial charge in [0.15, 0.2) is 11.5 Å². The molecule has 2 heterocycles. The quantitative estimate of drug-likeness (QED) is 0.321. The number of benzene rings is 3. The van der Waals surface area contributed by atoms with Gasteiger partial charge in [-0.1, -0.05) is 35.9 Å². The summed E-state index contributed by atoms with van der Waals surface area (Å²) in [6, 6.07) is 18.1. The Morgan fingerprint density at radius 2 is 1.69 bits per heavy atom. The van der Waals surface area contributed by atoms with Gasteiger partial charge in [0, 0.05) is 31.9 Å². The number of aliphatic hydroxyl groups excluding tert-OH is 1. The van der Waals surface area contributed by atoms with Crippen LogP contribution in [0.4, 0.5) is 5.69 Å². The Morgan fingerprint density at radius 1 is 0.972 bits per heavy atom. The van der Waals surface area contributed by atoms with Crippen LogP contribution in [0.5, 0.6) is 11.5 Å². The van der Waals surface area contributed by atoms with Crippen LogP contribution in [-0.2, 0) is 16.1 Å². The highest BCUT2D eigenvalue weighted by Gasteiger charge is 2.46. The third-order valence-corrected chi connectivity index (χ3v) is 6.70. The zero-order valence-electron chi connectivity index (χ0n) is 20.7. The number of hydrogen-bond acceptors (Lipinski definition) is 6. The van der Waals surface area contributed by atoms with Crippen LogP contribution in [0.2, 0.25) is 0 Å². The lowest BCUT2D eigenvalue weighted by atomic mass is 9.93. The molecule has 1 atom stereocenters. The van der Waals surface area contributed by atoms with Crippen LogP contribution >= 0.6 is 0 Å². The Morgan fingerprint density at radius 3 is 2.42 bits per heavy atom. The highest BCUT2D eigenvalue weighted by atomic mass is 16.7. The van der Waals surface area contributed by atoms with Crippen molar-refractivity contribution in [2.24, 2.45) is 0 Å². The summed E-state index contributed by atoms with van der Waals surface area (Å²) in [6.45, 7) is 4.12. The molecule has 1 fully saturated rings. The number of ether oxygens (including phenoxy) is 2.